The van der Waals surface area contributed by atoms with Gasteiger partial charge in [0.1, 0.15) is 5.69 Å². The van der Waals surface area contributed by atoms with Crippen molar-refractivity contribution >= 4 is 5.97 Å². The number of nitrogens with zero attached hydrogens (tertiary/aromatic N) is 2. The van der Waals surface area contributed by atoms with Gasteiger partial charge in [-0.25, -0.2) is 9.48 Å². The van der Waals surface area contributed by atoms with Crippen LogP contribution in [0.15, 0.2) is 71.3 Å². The smallest absolute Gasteiger partial charge is 0.336 e. The maximum absolute atomic E-state index is 11.8. The van der Waals surface area contributed by atoms with Crippen LogP contribution in [0.5, 0.6) is 0 Å². The second-order valence-electron chi connectivity index (χ2n) is 6.38. The molecule has 0 aliphatic heterocycles. The van der Waals surface area contributed by atoms with Crippen LogP contribution in [-0.4, -0.2) is 20.9 Å². The summed E-state index contributed by atoms with van der Waals surface area (Å²) in [5.74, 6) is -0.343. The number of furan rings is 1. The summed E-state index contributed by atoms with van der Waals surface area (Å²) in [6.07, 6.45) is 1.60. The van der Waals surface area contributed by atoms with Crippen molar-refractivity contribution in [2.24, 2.45) is 0 Å². The van der Waals surface area contributed by atoms with Gasteiger partial charge in [-0.05, 0) is 44.2 Å². The van der Waals surface area contributed by atoms with Crippen molar-refractivity contribution in [3.63, 3.8) is 0 Å². The third-order valence-corrected chi connectivity index (χ3v) is 4.52. The van der Waals surface area contributed by atoms with E-state index < -0.39 is 5.97 Å². The first-order valence-electron chi connectivity index (χ1n) is 8.59. The molecule has 5 heteroatoms. The predicted molar refractivity (Wildman–Crippen MR) is 103 cm³/mol. The molecule has 0 unspecified atom stereocenters. The van der Waals surface area contributed by atoms with E-state index in [9.17, 15) is 9.90 Å². The fourth-order valence-electron chi connectivity index (χ4n) is 3.25. The minimum atomic E-state index is -0.974. The zero-order chi connectivity index (χ0) is 19.0. The fraction of sp³-hybridized carbons (Fsp3) is 0.0909. The molecular weight excluding hydrogens is 340 g/mol. The van der Waals surface area contributed by atoms with Gasteiger partial charge in [0.25, 0.3) is 0 Å². The average molecular weight is 358 g/mol. The summed E-state index contributed by atoms with van der Waals surface area (Å²) >= 11 is 0. The van der Waals surface area contributed by atoms with Crippen LogP contribution in [0.1, 0.15) is 21.6 Å². The van der Waals surface area contributed by atoms with Crippen LogP contribution in [0, 0.1) is 13.8 Å². The second-order valence-corrected chi connectivity index (χ2v) is 6.38. The van der Waals surface area contributed by atoms with E-state index in [0.29, 0.717) is 11.3 Å². The molecule has 0 saturated heterocycles. The quantitative estimate of drug-likeness (QED) is 0.550. The number of carboxylic acids is 1. The van der Waals surface area contributed by atoms with Gasteiger partial charge in [-0.2, -0.15) is 5.10 Å². The molecule has 4 rings (SSSR count). The molecule has 2 heterocycles. The van der Waals surface area contributed by atoms with Crippen molar-refractivity contribution in [2.75, 3.05) is 0 Å². The number of carboxylic acid groups (broad SMARTS) is 1. The Balaban J connectivity index is 2.04. The summed E-state index contributed by atoms with van der Waals surface area (Å²) in [6, 6.07) is 18.6. The molecule has 0 aliphatic carbocycles. The number of rotatable bonds is 4. The molecule has 0 spiro atoms. The number of hydrogen-bond acceptors (Lipinski definition) is 3. The third-order valence-electron chi connectivity index (χ3n) is 4.52. The Bertz CT molecular complexity index is 1110. The first-order valence-corrected chi connectivity index (χ1v) is 8.59. The monoisotopic (exact) mass is 358 g/mol. The number of hydrogen-bond donors (Lipinski definition) is 1. The van der Waals surface area contributed by atoms with Crippen molar-refractivity contribution < 1.29 is 14.3 Å². The molecule has 2 aromatic carbocycles. The highest BCUT2D eigenvalue weighted by atomic mass is 16.4. The molecule has 4 aromatic rings. The van der Waals surface area contributed by atoms with Crippen molar-refractivity contribution in [3.8, 4) is 28.3 Å². The summed E-state index contributed by atoms with van der Waals surface area (Å²) < 4.78 is 7.48. The third kappa shape index (κ3) is 2.93. The minimum Gasteiger partial charge on any atom is -0.478 e. The van der Waals surface area contributed by atoms with E-state index in [-0.39, 0.29) is 5.56 Å². The lowest BCUT2D eigenvalue weighted by Gasteiger charge is -2.10. The Morgan fingerprint density at radius 2 is 1.74 bits per heavy atom. The van der Waals surface area contributed by atoms with Crippen LogP contribution in [0.2, 0.25) is 0 Å². The van der Waals surface area contributed by atoms with Crippen LogP contribution in [-0.2, 0) is 0 Å². The first kappa shape index (κ1) is 16.8. The summed E-state index contributed by atoms with van der Waals surface area (Å²) in [5, 5.41) is 14.4. The highest BCUT2D eigenvalue weighted by Crippen LogP contribution is 2.38. The molecule has 1 N–H and O–H groups in total. The van der Waals surface area contributed by atoms with E-state index >= 15 is 0 Å². The SMILES string of the molecule is Cc1ccc(-n2nc(C)c(-c3ccccc3C(=O)O)c2-c2ccco2)cc1. The van der Waals surface area contributed by atoms with E-state index in [1.165, 1.54) is 0 Å². The highest BCUT2D eigenvalue weighted by Gasteiger charge is 2.24. The van der Waals surface area contributed by atoms with Gasteiger partial charge in [0.05, 0.1) is 23.2 Å². The van der Waals surface area contributed by atoms with Crippen molar-refractivity contribution in [1.82, 2.24) is 9.78 Å². The molecule has 0 amide bonds. The minimum absolute atomic E-state index is 0.233. The zero-order valence-electron chi connectivity index (χ0n) is 15.0. The van der Waals surface area contributed by atoms with Gasteiger partial charge in [-0.1, -0.05) is 35.9 Å². The predicted octanol–water partition coefficient (Wildman–Crippen LogP) is 5.11. The number of benzene rings is 2. The lowest BCUT2D eigenvalue weighted by molar-refractivity contribution is 0.0697. The topological polar surface area (TPSA) is 68.3 Å². The van der Waals surface area contributed by atoms with Gasteiger partial charge in [-0.15, -0.1) is 0 Å². The molecular formula is C22H18N2O3. The maximum Gasteiger partial charge on any atom is 0.336 e. The summed E-state index contributed by atoms with van der Waals surface area (Å²) in [4.78, 5) is 11.8. The van der Waals surface area contributed by atoms with Gasteiger partial charge in [0.15, 0.2) is 5.76 Å². The largest absolute Gasteiger partial charge is 0.478 e. The number of aryl methyl sites for hydroxylation is 2. The number of aromatic nitrogens is 2. The second kappa shape index (κ2) is 6.61. The van der Waals surface area contributed by atoms with Crippen molar-refractivity contribution in [1.29, 1.82) is 0 Å². The molecule has 27 heavy (non-hydrogen) atoms. The zero-order valence-corrected chi connectivity index (χ0v) is 15.0. The number of aromatic carboxylic acids is 1. The van der Waals surface area contributed by atoms with Crippen molar-refractivity contribution in [3.05, 3.63) is 83.7 Å². The molecule has 0 aliphatic rings. The average Bonchev–Trinajstić information content (AvgIpc) is 3.30. The first-order chi connectivity index (χ1) is 13.1. The standard InChI is InChI=1S/C22H18N2O3/c1-14-9-11-16(12-10-14)24-21(19-8-5-13-27-19)20(15(2)23-24)17-6-3-4-7-18(17)22(25)26/h3-13H,1-2H3,(H,25,26). The Hall–Kier alpha value is -3.60. The summed E-state index contributed by atoms with van der Waals surface area (Å²) in [5.41, 5.74) is 5.10. The van der Waals surface area contributed by atoms with Crippen LogP contribution < -0.4 is 0 Å². The molecule has 0 fully saturated rings. The van der Waals surface area contributed by atoms with E-state index in [4.69, 9.17) is 9.52 Å². The fourth-order valence-corrected chi connectivity index (χ4v) is 3.25. The highest BCUT2D eigenvalue weighted by molar-refractivity contribution is 5.98. The molecule has 0 radical (unpaired) electrons. The van der Waals surface area contributed by atoms with Gasteiger partial charge in [0, 0.05) is 11.1 Å². The Morgan fingerprint density at radius 1 is 1.00 bits per heavy atom. The molecule has 0 saturated carbocycles. The molecule has 0 atom stereocenters. The van der Waals surface area contributed by atoms with Gasteiger partial charge < -0.3 is 9.52 Å². The van der Waals surface area contributed by atoms with Crippen LogP contribution in [0.3, 0.4) is 0 Å². The molecule has 0 bridgehead atoms. The Labute approximate surface area is 156 Å². The van der Waals surface area contributed by atoms with Crippen LogP contribution in [0.4, 0.5) is 0 Å². The van der Waals surface area contributed by atoms with E-state index in [1.807, 2.05) is 61.0 Å². The molecule has 134 valence electrons. The number of carbonyl (C=O) groups is 1. The Morgan fingerprint density at radius 3 is 2.41 bits per heavy atom. The summed E-state index contributed by atoms with van der Waals surface area (Å²) in [7, 11) is 0. The molecule has 5 nitrogen and oxygen atoms in total. The lowest BCUT2D eigenvalue weighted by atomic mass is 9.97. The summed E-state index contributed by atoms with van der Waals surface area (Å²) in [6.45, 7) is 3.91. The van der Waals surface area contributed by atoms with Gasteiger partial charge in [-0.3, -0.25) is 0 Å². The van der Waals surface area contributed by atoms with E-state index in [1.54, 1.807) is 24.5 Å². The van der Waals surface area contributed by atoms with Gasteiger partial charge >= 0.3 is 5.97 Å². The van der Waals surface area contributed by atoms with E-state index in [2.05, 4.69) is 0 Å². The Kier molecular flexibility index (Phi) is 4.12. The van der Waals surface area contributed by atoms with E-state index in [0.717, 1.165) is 28.2 Å². The van der Waals surface area contributed by atoms with Crippen LogP contribution >= 0.6 is 0 Å². The normalized spacial score (nSPS) is 10.9. The molecule has 2 aromatic heterocycles. The van der Waals surface area contributed by atoms with Gasteiger partial charge in [0.2, 0.25) is 0 Å². The lowest BCUT2D eigenvalue weighted by Crippen LogP contribution is -2.01. The maximum atomic E-state index is 11.8. The van der Waals surface area contributed by atoms with Crippen LogP contribution in [0.25, 0.3) is 28.3 Å². The van der Waals surface area contributed by atoms with Crippen molar-refractivity contribution in [2.45, 2.75) is 13.8 Å².